The molecule has 25 heavy (non-hydrogen) atoms. The molecule has 1 aliphatic rings. The number of nitriles is 1. The Balaban J connectivity index is 1.78. The minimum absolute atomic E-state index is 0.0120. The molecule has 1 atom stereocenters. The summed E-state index contributed by atoms with van der Waals surface area (Å²) in [6.45, 7) is 4.01. The highest BCUT2D eigenvalue weighted by atomic mass is 32.1. The van der Waals surface area contributed by atoms with Gasteiger partial charge in [0.25, 0.3) is 0 Å². The number of anilines is 2. The molecule has 0 saturated carbocycles. The van der Waals surface area contributed by atoms with E-state index in [0.717, 1.165) is 31.6 Å². The first-order valence-electron chi connectivity index (χ1n) is 7.96. The van der Waals surface area contributed by atoms with Gasteiger partial charge in [0.05, 0.1) is 18.3 Å². The van der Waals surface area contributed by atoms with E-state index in [1.165, 1.54) is 16.7 Å². The van der Waals surface area contributed by atoms with Gasteiger partial charge in [0.15, 0.2) is 10.8 Å². The quantitative estimate of drug-likeness (QED) is 0.783. The lowest BCUT2D eigenvalue weighted by Crippen LogP contribution is -2.35. The molecular weight excluding hydrogens is 340 g/mol. The van der Waals surface area contributed by atoms with Crippen molar-refractivity contribution in [3.63, 3.8) is 0 Å². The van der Waals surface area contributed by atoms with Crippen molar-refractivity contribution in [1.82, 2.24) is 19.9 Å². The Morgan fingerprint density at radius 1 is 1.52 bits per heavy atom. The van der Waals surface area contributed by atoms with Crippen LogP contribution in [0.4, 0.5) is 10.9 Å². The van der Waals surface area contributed by atoms with Crippen LogP contribution in [0.25, 0.3) is 0 Å². The van der Waals surface area contributed by atoms with Crippen molar-refractivity contribution in [2.45, 2.75) is 25.7 Å². The molecule has 2 aromatic rings. The fourth-order valence-corrected chi connectivity index (χ4v) is 3.63. The number of aromatic carboxylic acids is 1. The molecule has 1 fully saturated rings. The lowest BCUT2D eigenvalue weighted by molar-refractivity contribution is 0.0691. The third-order valence-corrected chi connectivity index (χ3v) is 4.79. The van der Waals surface area contributed by atoms with Crippen molar-refractivity contribution in [1.29, 1.82) is 5.26 Å². The first kappa shape index (κ1) is 17.3. The summed E-state index contributed by atoms with van der Waals surface area (Å²) in [7, 11) is 0. The van der Waals surface area contributed by atoms with Gasteiger partial charge < -0.3 is 10.4 Å². The molecule has 2 N–H and O–H groups in total. The molecule has 0 aromatic carbocycles. The molecule has 1 saturated heterocycles. The molecule has 0 spiro atoms. The molecule has 0 radical (unpaired) electrons. The number of nitrogens with one attached hydrogen (secondary N) is 1. The van der Waals surface area contributed by atoms with Gasteiger partial charge >= 0.3 is 5.97 Å². The number of carbonyl (C=O) groups is 1. The molecule has 3 heterocycles. The maximum atomic E-state index is 10.9. The summed E-state index contributed by atoms with van der Waals surface area (Å²) >= 11 is 1.22. The second-order valence-electron chi connectivity index (χ2n) is 5.93. The average molecular weight is 358 g/mol. The van der Waals surface area contributed by atoms with Crippen molar-refractivity contribution < 1.29 is 9.90 Å². The first-order valence-corrected chi connectivity index (χ1v) is 8.84. The fraction of sp³-hybridized carbons (Fsp3) is 0.438. The first-order chi connectivity index (χ1) is 12.0. The van der Waals surface area contributed by atoms with Crippen LogP contribution in [-0.2, 0) is 0 Å². The van der Waals surface area contributed by atoms with Crippen LogP contribution >= 0.6 is 11.3 Å². The van der Waals surface area contributed by atoms with E-state index in [1.54, 1.807) is 0 Å². The SMILES string of the molecule is Cc1nc(Nc2nc(C(=O)O)cs2)cc(C2CCCN(CC#N)C2)n1. The Hall–Kier alpha value is -2.57. The van der Waals surface area contributed by atoms with Gasteiger partial charge in [-0.3, -0.25) is 4.90 Å². The monoisotopic (exact) mass is 358 g/mol. The van der Waals surface area contributed by atoms with E-state index in [0.29, 0.717) is 23.3 Å². The molecule has 0 amide bonds. The maximum absolute atomic E-state index is 10.9. The van der Waals surface area contributed by atoms with Gasteiger partial charge in [-0.1, -0.05) is 0 Å². The predicted molar refractivity (Wildman–Crippen MR) is 93.2 cm³/mol. The number of aryl methyl sites for hydroxylation is 1. The largest absolute Gasteiger partial charge is 0.476 e. The van der Waals surface area contributed by atoms with E-state index in [4.69, 9.17) is 10.4 Å². The van der Waals surface area contributed by atoms with Crippen molar-refractivity contribution in [3.8, 4) is 6.07 Å². The zero-order valence-corrected chi connectivity index (χ0v) is 14.6. The Kier molecular flexibility index (Phi) is 5.21. The molecule has 1 aliphatic heterocycles. The number of likely N-dealkylation sites (tertiary alicyclic amines) is 1. The Morgan fingerprint density at radius 3 is 3.08 bits per heavy atom. The highest BCUT2D eigenvalue weighted by molar-refractivity contribution is 7.14. The van der Waals surface area contributed by atoms with Crippen LogP contribution in [0.15, 0.2) is 11.4 Å². The van der Waals surface area contributed by atoms with E-state index in [-0.39, 0.29) is 11.6 Å². The smallest absolute Gasteiger partial charge is 0.355 e. The minimum atomic E-state index is -1.05. The number of hydrogen-bond donors (Lipinski definition) is 2. The predicted octanol–water partition coefficient (Wildman–Crippen LogP) is 2.39. The van der Waals surface area contributed by atoms with Crippen LogP contribution in [0.1, 0.15) is 40.8 Å². The summed E-state index contributed by atoms with van der Waals surface area (Å²) in [6, 6.07) is 4.09. The number of carboxylic acids is 1. The van der Waals surface area contributed by atoms with Gasteiger partial charge in [0.1, 0.15) is 11.6 Å². The van der Waals surface area contributed by atoms with E-state index in [2.05, 4.69) is 31.2 Å². The lowest BCUT2D eigenvalue weighted by Gasteiger charge is -2.30. The van der Waals surface area contributed by atoms with Crippen LogP contribution in [0.5, 0.6) is 0 Å². The normalized spacial score (nSPS) is 17.8. The summed E-state index contributed by atoms with van der Waals surface area (Å²) in [5.74, 6) is 0.456. The Bertz CT molecular complexity index is 815. The van der Waals surface area contributed by atoms with Crippen molar-refractivity contribution in [2.75, 3.05) is 25.0 Å². The number of nitrogens with zero attached hydrogens (tertiary/aromatic N) is 5. The lowest BCUT2D eigenvalue weighted by atomic mass is 9.94. The summed E-state index contributed by atoms with van der Waals surface area (Å²) in [4.78, 5) is 26.0. The molecule has 0 aliphatic carbocycles. The topological polar surface area (TPSA) is 115 Å². The Labute approximate surface area is 149 Å². The molecule has 2 aromatic heterocycles. The average Bonchev–Trinajstić information content (AvgIpc) is 3.04. The second-order valence-corrected chi connectivity index (χ2v) is 6.78. The van der Waals surface area contributed by atoms with Gasteiger partial charge in [-0.2, -0.15) is 5.26 Å². The summed E-state index contributed by atoms with van der Waals surface area (Å²) in [6.07, 6.45) is 2.06. The maximum Gasteiger partial charge on any atom is 0.355 e. The van der Waals surface area contributed by atoms with Crippen LogP contribution in [0.3, 0.4) is 0 Å². The summed E-state index contributed by atoms with van der Waals surface area (Å²) in [5, 5.41) is 22.9. The van der Waals surface area contributed by atoms with Gasteiger partial charge in [0.2, 0.25) is 0 Å². The van der Waals surface area contributed by atoms with Crippen LogP contribution in [0, 0.1) is 18.3 Å². The fourth-order valence-electron chi connectivity index (χ4n) is 2.94. The van der Waals surface area contributed by atoms with Crippen LogP contribution < -0.4 is 5.32 Å². The molecule has 1 unspecified atom stereocenters. The summed E-state index contributed by atoms with van der Waals surface area (Å²) in [5.41, 5.74) is 0.950. The van der Waals surface area contributed by atoms with Gasteiger partial charge in [0, 0.05) is 23.9 Å². The highest BCUT2D eigenvalue weighted by Gasteiger charge is 2.23. The highest BCUT2D eigenvalue weighted by Crippen LogP contribution is 2.28. The van der Waals surface area contributed by atoms with Crippen molar-refractivity contribution in [2.24, 2.45) is 0 Å². The van der Waals surface area contributed by atoms with Gasteiger partial charge in [-0.05, 0) is 26.3 Å². The van der Waals surface area contributed by atoms with Gasteiger partial charge in [-0.15, -0.1) is 11.3 Å². The number of aromatic nitrogens is 3. The van der Waals surface area contributed by atoms with E-state index >= 15 is 0 Å². The van der Waals surface area contributed by atoms with Gasteiger partial charge in [-0.25, -0.2) is 19.7 Å². The van der Waals surface area contributed by atoms with Crippen molar-refractivity contribution in [3.05, 3.63) is 28.7 Å². The number of carboxylic acid groups (broad SMARTS) is 1. The number of thiazole rings is 1. The molecule has 3 rings (SSSR count). The second kappa shape index (κ2) is 7.55. The molecule has 0 bridgehead atoms. The van der Waals surface area contributed by atoms with Crippen LogP contribution in [0.2, 0.25) is 0 Å². The molecular formula is C16H18N6O2S. The standard InChI is InChI=1S/C16H18N6O2S/c1-10-18-12(11-3-2-5-22(8-11)6-4-17)7-14(19-10)21-16-20-13(9-25-16)15(23)24/h7,9,11H,2-3,5-6,8H2,1H3,(H,23,24)(H,18,19,20,21). The Morgan fingerprint density at radius 2 is 2.36 bits per heavy atom. The van der Waals surface area contributed by atoms with E-state index < -0.39 is 5.97 Å². The number of rotatable bonds is 5. The van der Waals surface area contributed by atoms with Crippen LogP contribution in [-0.4, -0.2) is 50.6 Å². The third-order valence-electron chi connectivity index (χ3n) is 4.03. The number of piperidine rings is 1. The molecule has 130 valence electrons. The minimum Gasteiger partial charge on any atom is -0.476 e. The zero-order valence-electron chi connectivity index (χ0n) is 13.8. The zero-order chi connectivity index (χ0) is 17.8. The number of hydrogen-bond acceptors (Lipinski definition) is 8. The van der Waals surface area contributed by atoms with E-state index in [1.807, 2.05) is 13.0 Å². The molecule has 9 heteroatoms. The summed E-state index contributed by atoms with van der Waals surface area (Å²) < 4.78 is 0. The molecule has 8 nitrogen and oxygen atoms in total. The van der Waals surface area contributed by atoms with E-state index in [9.17, 15) is 4.79 Å². The third kappa shape index (κ3) is 4.29. The van der Waals surface area contributed by atoms with Crippen molar-refractivity contribution >= 4 is 28.3 Å².